The fourth-order valence-electron chi connectivity index (χ4n) is 1.59. The molecule has 1 aromatic rings. The van der Waals surface area contributed by atoms with Gasteiger partial charge in [-0.3, -0.25) is 0 Å². The molecule has 0 heterocycles. The van der Waals surface area contributed by atoms with Crippen molar-refractivity contribution < 1.29 is 9.47 Å². The lowest BCUT2D eigenvalue weighted by atomic mass is 10.1. The lowest BCUT2D eigenvalue weighted by Crippen LogP contribution is -2.12. The Morgan fingerprint density at radius 1 is 1.28 bits per heavy atom. The maximum Gasteiger partial charge on any atom is 0.141 e. The van der Waals surface area contributed by atoms with Gasteiger partial charge in [0, 0.05) is 6.61 Å². The zero-order valence-corrected chi connectivity index (χ0v) is 11.9. The van der Waals surface area contributed by atoms with Gasteiger partial charge in [0.25, 0.3) is 0 Å². The number of hydrogen-bond acceptors (Lipinski definition) is 3. The third kappa shape index (κ3) is 5.25. The fraction of sp³-hybridized carbons (Fsp3) is 0.571. The first-order chi connectivity index (χ1) is 8.65. The molecule has 0 fully saturated rings. The minimum absolute atomic E-state index is 0.508. The molecule has 0 saturated heterocycles. The van der Waals surface area contributed by atoms with E-state index >= 15 is 0 Å². The van der Waals surface area contributed by atoms with Crippen molar-refractivity contribution in [1.29, 1.82) is 0 Å². The number of para-hydroxylation sites is 1. The van der Waals surface area contributed by atoms with Crippen LogP contribution in [0.2, 0.25) is 5.02 Å². The van der Waals surface area contributed by atoms with E-state index in [9.17, 15) is 0 Å². The summed E-state index contributed by atoms with van der Waals surface area (Å²) in [5.74, 6) is 1.27. The smallest absolute Gasteiger partial charge is 0.141 e. The molecule has 0 aliphatic heterocycles. The second-order valence-corrected chi connectivity index (χ2v) is 4.99. The first kappa shape index (κ1) is 15.3. The van der Waals surface area contributed by atoms with Crippen LogP contribution in [0.1, 0.15) is 19.4 Å². The molecule has 0 radical (unpaired) electrons. The molecule has 102 valence electrons. The van der Waals surface area contributed by atoms with Gasteiger partial charge in [-0.1, -0.05) is 37.6 Å². The highest BCUT2D eigenvalue weighted by Gasteiger charge is 2.07. The van der Waals surface area contributed by atoms with E-state index in [-0.39, 0.29) is 0 Å². The van der Waals surface area contributed by atoms with Crippen LogP contribution in [0.3, 0.4) is 0 Å². The standard InChI is InChI=1S/C14H22ClNO2/c1-11(2)10-17-8-9-18-14-12(6-7-16)4-3-5-13(14)15/h3-5,11H,6-10,16H2,1-2H3. The second kappa shape index (κ2) is 8.35. The number of hydrogen-bond donors (Lipinski definition) is 1. The first-order valence-corrected chi connectivity index (χ1v) is 6.71. The Morgan fingerprint density at radius 2 is 2.06 bits per heavy atom. The molecule has 1 rings (SSSR count). The molecule has 0 spiro atoms. The van der Waals surface area contributed by atoms with E-state index in [4.69, 9.17) is 26.8 Å². The summed E-state index contributed by atoms with van der Waals surface area (Å²) in [6.45, 7) is 6.66. The Morgan fingerprint density at radius 3 is 2.72 bits per heavy atom. The molecule has 4 heteroatoms. The molecule has 0 amide bonds. The molecule has 0 bridgehead atoms. The van der Waals surface area contributed by atoms with Crippen LogP contribution in [-0.4, -0.2) is 26.4 Å². The maximum absolute atomic E-state index is 6.12. The molecule has 0 aliphatic rings. The lowest BCUT2D eigenvalue weighted by molar-refractivity contribution is 0.0816. The molecule has 1 aromatic carbocycles. The number of rotatable bonds is 8. The summed E-state index contributed by atoms with van der Waals surface area (Å²) in [4.78, 5) is 0. The maximum atomic E-state index is 6.12. The van der Waals surface area contributed by atoms with Crippen LogP contribution in [-0.2, 0) is 11.2 Å². The van der Waals surface area contributed by atoms with Gasteiger partial charge in [-0.25, -0.2) is 0 Å². The molecule has 2 N–H and O–H groups in total. The molecule has 0 saturated carbocycles. The van der Waals surface area contributed by atoms with Crippen molar-refractivity contribution in [2.45, 2.75) is 20.3 Å². The summed E-state index contributed by atoms with van der Waals surface area (Å²) in [5, 5.41) is 0.629. The highest BCUT2D eigenvalue weighted by Crippen LogP contribution is 2.28. The Balaban J connectivity index is 2.45. The summed E-state index contributed by atoms with van der Waals surface area (Å²) in [7, 11) is 0. The van der Waals surface area contributed by atoms with Gasteiger partial charge in [0.1, 0.15) is 12.4 Å². The van der Waals surface area contributed by atoms with E-state index in [1.807, 2.05) is 18.2 Å². The van der Waals surface area contributed by atoms with Crippen molar-refractivity contribution in [3.05, 3.63) is 28.8 Å². The molecule has 18 heavy (non-hydrogen) atoms. The van der Waals surface area contributed by atoms with Gasteiger partial charge < -0.3 is 15.2 Å². The molecule has 0 unspecified atom stereocenters. The van der Waals surface area contributed by atoms with Crippen molar-refractivity contribution >= 4 is 11.6 Å². The number of ether oxygens (including phenoxy) is 2. The monoisotopic (exact) mass is 271 g/mol. The predicted molar refractivity (Wildman–Crippen MR) is 75.4 cm³/mol. The van der Waals surface area contributed by atoms with Crippen LogP contribution in [0.25, 0.3) is 0 Å². The van der Waals surface area contributed by atoms with Gasteiger partial charge in [0.05, 0.1) is 11.6 Å². The number of halogens is 1. The summed E-state index contributed by atoms with van der Waals surface area (Å²) < 4.78 is 11.2. The minimum atomic E-state index is 0.508. The lowest BCUT2D eigenvalue weighted by Gasteiger charge is -2.13. The van der Waals surface area contributed by atoms with E-state index in [1.165, 1.54) is 0 Å². The summed E-state index contributed by atoms with van der Waals surface area (Å²) in [5.41, 5.74) is 6.62. The van der Waals surface area contributed by atoms with Gasteiger partial charge in [0.2, 0.25) is 0 Å². The quantitative estimate of drug-likeness (QED) is 0.740. The molecular formula is C14H22ClNO2. The van der Waals surface area contributed by atoms with Crippen LogP contribution >= 0.6 is 11.6 Å². The van der Waals surface area contributed by atoms with E-state index in [0.29, 0.717) is 30.7 Å². The summed E-state index contributed by atoms with van der Waals surface area (Å²) in [6.07, 6.45) is 0.767. The van der Waals surface area contributed by atoms with Crippen LogP contribution in [0.15, 0.2) is 18.2 Å². The Labute approximate surface area is 114 Å². The van der Waals surface area contributed by atoms with Crippen LogP contribution < -0.4 is 10.5 Å². The Bertz CT molecular complexity index is 356. The molecule has 0 aromatic heterocycles. The number of benzene rings is 1. The topological polar surface area (TPSA) is 44.5 Å². The van der Waals surface area contributed by atoms with Gasteiger partial charge in [-0.05, 0) is 30.5 Å². The van der Waals surface area contributed by atoms with Gasteiger partial charge in [-0.2, -0.15) is 0 Å². The normalized spacial score (nSPS) is 10.9. The number of nitrogens with two attached hydrogens (primary N) is 1. The van der Waals surface area contributed by atoms with Gasteiger partial charge in [-0.15, -0.1) is 0 Å². The molecular weight excluding hydrogens is 250 g/mol. The second-order valence-electron chi connectivity index (χ2n) is 4.58. The highest BCUT2D eigenvalue weighted by atomic mass is 35.5. The van der Waals surface area contributed by atoms with Crippen LogP contribution in [0.5, 0.6) is 5.75 Å². The zero-order chi connectivity index (χ0) is 13.4. The fourth-order valence-corrected chi connectivity index (χ4v) is 1.84. The van der Waals surface area contributed by atoms with E-state index in [2.05, 4.69) is 13.8 Å². The Kier molecular flexibility index (Phi) is 7.09. The average molecular weight is 272 g/mol. The summed E-state index contributed by atoms with van der Waals surface area (Å²) >= 11 is 6.12. The van der Waals surface area contributed by atoms with Gasteiger partial charge >= 0.3 is 0 Å². The third-order valence-electron chi connectivity index (χ3n) is 2.39. The predicted octanol–water partition coefficient (Wildman–Crippen LogP) is 2.89. The Hall–Kier alpha value is -0.770. The molecule has 0 atom stereocenters. The highest BCUT2D eigenvalue weighted by molar-refractivity contribution is 6.32. The SMILES string of the molecule is CC(C)COCCOc1c(Cl)cccc1CCN. The van der Waals surface area contributed by atoms with Crippen LogP contribution in [0, 0.1) is 5.92 Å². The van der Waals surface area contributed by atoms with Crippen molar-refractivity contribution in [3.8, 4) is 5.75 Å². The average Bonchev–Trinajstić information content (AvgIpc) is 2.32. The van der Waals surface area contributed by atoms with Crippen molar-refractivity contribution in [3.63, 3.8) is 0 Å². The largest absolute Gasteiger partial charge is 0.489 e. The van der Waals surface area contributed by atoms with Gasteiger partial charge in [0.15, 0.2) is 0 Å². The van der Waals surface area contributed by atoms with Crippen molar-refractivity contribution in [2.24, 2.45) is 11.7 Å². The van der Waals surface area contributed by atoms with E-state index < -0.39 is 0 Å². The first-order valence-electron chi connectivity index (χ1n) is 6.33. The van der Waals surface area contributed by atoms with E-state index in [0.717, 1.165) is 24.3 Å². The molecule has 3 nitrogen and oxygen atoms in total. The van der Waals surface area contributed by atoms with Crippen molar-refractivity contribution in [1.82, 2.24) is 0 Å². The summed E-state index contributed by atoms with van der Waals surface area (Å²) in [6, 6.07) is 5.73. The molecule has 0 aliphatic carbocycles. The van der Waals surface area contributed by atoms with Crippen LogP contribution in [0.4, 0.5) is 0 Å². The zero-order valence-electron chi connectivity index (χ0n) is 11.1. The van der Waals surface area contributed by atoms with Crippen molar-refractivity contribution in [2.75, 3.05) is 26.4 Å². The third-order valence-corrected chi connectivity index (χ3v) is 2.69. The van der Waals surface area contributed by atoms with E-state index in [1.54, 1.807) is 0 Å². The minimum Gasteiger partial charge on any atom is -0.489 e.